The number of nitrogens with one attached hydrogen (secondary N) is 2. The summed E-state index contributed by atoms with van der Waals surface area (Å²) in [5.41, 5.74) is 1.86. The predicted octanol–water partition coefficient (Wildman–Crippen LogP) is 3.55. The molecule has 1 aromatic heterocycles. The second-order valence-electron chi connectivity index (χ2n) is 8.12. The molecule has 2 aromatic rings. The van der Waals surface area contributed by atoms with Crippen molar-refractivity contribution in [2.24, 2.45) is 5.92 Å². The third kappa shape index (κ3) is 3.81. The Labute approximate surface area is 173 Å². The van der Waals surface area contributed by atoms with Crippen LogP contribution >= 0.6 is 0 Å². The van der Waals surface area contributed by atoms with Gasteiger partial charge in [0, 0.05) is 12.8 Å². The van der Waals surface area contributed by atoms with E-state index in [0.717, 1.165) is 17.9 Å². The first kappa shape index (κ1) is 20.1. The lowest BCUT2D eigenvalue weighted by Crippen LogP contribution is -2.51. The quantitative estimate of drug-likeness (QED) is 0.734. The van der Waals surface area contributed by atoms with Crippen molar-refractivity contribution in [2.45, 2.75) is 51.0 Å². The molecule has 1 saturated heterocycles. The Hall–Kier alpha value is -3.16. The van der Waals surface area contributed by atoms with Gasteiger partial charge >= 0.3 is 6.03 Å². The summed E-state index contributed by atoms with van der Waals surface area (Å²) in [5.74, 6) is 0.160. The monoisotopic (exact) mass is 413 g/mol. The molecule has 30 heavy (non-hydrogen) atoms. The second kappa shape index (κ2) is 7.93. The van der Waals surface area contributed by atoms with Crippen molar-refractivity contribution in [3.05, 3.63) is 48.0 Å². The Balaban J connectivity index is 1.34. The summed E-state index contributed by atoms with van der Waals surface area (Å²) in [6, 6.07) is 9.01. The van der Waals surface area contributed by atoms with Crippen molar-refractivity contribution in [2.75, 3.05) is 0 Å². The number of halogens is 1. The Morgan fingerprint density at radius 3 is 2.70 bits per heavy atom. The van der Waals surface area contributed by atoms with Gasteiger partial charge < -0.3 is 9.73 Å². The van der Waals surface area contributed by atoms with E-state index in [0.29, 0.717) is 35.8 Å². The number of carbonyl (C=O) groups excluding carboxylic acids is 3. The molecule has 2 fully saturated rings. The van der Waals surface area contributed by atoms with E-state index in [1.54, 1.807) is 30.3 Å². The summed E-state index contributed by atoms with van der Waals surface area (Å²) >= 11 is 0. The largest absolute Gasteiger partial charge is 0.461 e. The number of furan rings is 1. The van der Waals surface area contributed by atoms with Crippen LogP contribution in [0.2, 0.25) is 0 Å². The molecule has 1 aromatic carbocycles. The Kier molecular flexibility index (Phi) is 5.32. The van der Waals surface area contributed by atoms with Crippen molar-refractivity contribution in [3.63, 3.8) is 0 Å². The van der Waals surface area contributed by atoms with Crippen LogP contribution in [0.4, 0.5) is 9.18 Å². The summed E-state index contributed by atoms with van der Waals surface area (Å²) < 4.78 is 19.5. The van der Waals surface area contributed by atoms with Gasteiger partial charge in [0.15, 0.2) is 0 Å². The fourth-order valence-corrected chi connectivity index (χ4v) is 4.05. The van der Waals surface area contributed by atoms with Crippen molar-refractivity contribution in [1.29, 1.82) is 0 Å². The number of rotatable bonds is 5. The van der Waals surface area contributed by atoms with E-state index in [9.17, 15) is 18.8 Å². The van der Waals surface area contributed by atoms with E-state index in [4.69, 9.17) is 4.42 Å². The van der Waals surface area contributed by atoms with Gasteiger partial charge in [0.2, 0.25) is 5.91 Å². The molecule has 0 bridgehead atoms. The first-order valence-electron chi connectivity index (χ1n) is 10.2. The minimum absolute atomic E-state index is 0.0192. The molecule has 2 N–H and O–H groups in total. The van der Waals surface area contributed by atoms with Crippen LogP contribution in [-0.4, -0.2) is 28.4 Å². The van der Waals surface area contributed by atoms with Crippen molar-refractivity contribution < 1.29 is 23.2 Å². The van der Waals surface area contributed by atoms with Gasteiger partial charge in [-0.3, -0.25) is 15.0 Å². The molecule has 1 spiro atoms. The van der Waals surface area contributed by atoms with E-state index in [-0.39, 0.29) is 18.7 Å². The highest BCUT2D eigenvalue weighted by atomic mass is 19.1. The number of carbonyl (C=O) groups is 3. The maximum Gasteiger partial charge on any atom is 0.344 e. The third-order valence-electron chi connectivity index (χ3n) is 5.93. The van der Waals surface area contributed by atoms with E-state index < -0.39 is 23.4 Å². The van der Waals surface area contributed by atoms with Crippen LogP contribution in [0.25, 0.3) is 11.3 Å². The Morgan fingerprint density at radius 2 is 1.97 bits per heavy atom. The van der Waals surface area contributed by atoms with Gasteiger partial charge in [-0.1, -0.05) is 19.1 Å². The highest BCUT2D eigenvalue weighted by Crippen LogP contribution is 2.35. The molecule has 2 aliphatic rings. The van der Waals surface area contributed by atoms with Crippen LogP contribution in [-0.2, 0) is 16.0 Å². The summed E-state index contributed by atoms with van der Waals surface area (Å²) in [6.45, 7) is 2.12. The van der Waals surface area contributed by atoms with Gasteiger partial charge in [-0.15, -0.1) is 0 Å². The summed E-state index contributed by atoms with van der Waals surface area (Å²) in [7, 11) is 0. The van der Waals surface area contributed by atoms with Crippen LogP contribution in [0, 0.1) is 11.7 Å². The molecule has 158 valence electrons. The maximum atomic E-state index is 13.9. The van der Waals surface area contributed by atoms with Crippen molar-refractivity contribution in [3.8, 4) is 11.3 Å². The van der Waals surface area contributed by atoms with Crippen LogP contribution in [0.15, 0.2) is 40.8 Å². The van der Waals surface area contributed by atoms with Crippen LogP contribution in [0.3, 0.4) is 0 Å². The SMILES string of the molecule is CC1CCC2(CC1)NC(=O)N(NC(=O)CCc1ccc(-c3ccccc3F)o1)C2=O. The maximum absolute atomic E-state index is 13.9. The average Bonchev–Trinajstić information content (AvgIpc) is 3.28. The van der Waals surface area contributed by atoms with Gasteiger partial charge in [0.25, 0.3) is 5.91 Å². The van der Waals surface area contributed by atoms with Gasteiger partial charge in [0.05, 0.1) is 5.56 Å². The summed E-state index contributed by atoms with van der Waals surface area (Å²) in [5, 5.41) is 3.56. The minimum Gasteiger partial charge on any atom is -0.461 e. The molecule has 2 heterocycles. The molecule has 1 aliphatic heterocycles. The molecule has 4 amide bonds. The molecular formula is C22H24FN3O4. The van der Waals surface area contributed by atoms with Gasteiger partial charge in [-0.2, -0.15) is 5.01 Å². The highest BCUT2D eigenvalue weighted by molar-refractivity contribution is 6.08. The fourth-order valence-electron chi connectivity index (χ4n) is 4.05. The zero-order valence-electron chi connectivity index (χ0n) is 16.7. The minimum atomic E-state index is -0.896. The van der Waals surface area contributed by atoms with Crippen LogP contribution < -0.4 is 10.7 Å². The standard InChI is InChI=1S/C22H24FN3O4/c1-14-10-12-22(13-11-14)20(28)26(21(29)24-22)25-19(27)9-7-15-6-8-18(30-15)16-4-2-3-5-17(16)23/h2-6,8,14H,7,9-13H2,1H3,(H,24,29)(H,25,27). The van der Waals surface area contributed by atoms with E-state index in [1.807, 2.05) is 0 Å². The molecule has 0 atom stereocenters. The lowest BCUT2D eigenvalue weighted by atomic mass is 9.77. The van der Waals surface area contributed by atoms with Gasteiger partial charge in [-0.25, -0.2) is 9.18 Å². The number of hydrogen-bond donors (Lipinski definition) is 2. The van der Waals surface area contributed by atoms with Crippen LogP contribution in [0.5, 0.6) is 0 Å². The van der Waals surface area contributed by atoms with E-state index in [2.05, 4.69) is 17.7 Å². The first-order valence-corrected chi connectivity index (χ1v) is 10.2. The van der Waals surface area contributed by atoms with E-state index in [1.165, 1.54) is 6.07 Å². The molecular weight excluding hydrogens is 389 g/mol. The third-order valence-corrected chi connectivity index (χ3v) is 5.93. The highest BCUT2D eigenvalue weighted by Gasteiger charge is 2.52. The first-order chi connectivity index (χ1) is 14.4. The second-order valence-corrected chi connectivity index (χ2v) is 8.12. The molecule has 7 nitrogen and oxygen atoms in total. The molecule has 1 aliphatic carbocycles. The van der Waals surface area contributed by atoms with E-state index >= 15 is 0 Å². The zero-order chi connectivity index (χ0) is 21.3. The van der Waals surface area contributed by atoms with Crippen molar-refractivity contribution >= 4 is 17.8 Å². The summed E-state index contributed by atoms with van der Waals surface area (Å²) in [6.07, 6.45) is 3.15. The lowest BCUT2D eigenvalue weighted by molar-refractivity contribution is -0.140. The number of aryl methyl sites for hydroxylation is 1. The topological polar surface area (TPSA) is 91.7 Å². The summed E-state index contributed by atoms with van der Waals surface area (Å²) in [4.78, 5) is 37.4. The van der Waals surface area contributed by atoms with Gasteiger partial charge in [-0.05, 0) is 55.9 Å². The molecule has 0 radical (unpaired) electrons. The van der Waals surface area contributed by atoms with Crippen molar-refractivity contribution in [1.82, 2.24) is 15.8 Å². The fraction of sp³-hybridized carbons (Fsp3) is 0.409. The van der Waals surface area contributed by atoms with Gasteiger partial charge in [0.1, 0.15) is 22.9 Å². The smallest absolute Gasteiger partial charge is 0.344 e. The number of hydrazine groups is 1. The predicted molar refractivity (Wildman–Crippen MR) is 106 cm³/mol. The molecule has 1 saturated carbocycles. The number of urea groups is 1. The normalized spacial score (nSPS) is 23.7. The number of nitrogens with zero attached hydrogens (tertiary/aromatic N) is 1. The lowest BCUT2D eigenvalue weighted by Gasteiger charge is -2.33. The molecule has 8 heteroatoms. The number of hydrogen-bond acceptors (Lipinski definition) is 4. The average molecular weight is 413 g/mol. The number of imide groups is 1. The number of amides is 4. The van der Waals surface area contributed by atoms with Crippen LogP contribution in [0.1, 0.15) is 44.8 Å². The number of benzene rings is 1. The Morgan fingerprint density at radius 1 is 1.23 bits per heavy atom. The Bertz CT molecular complexity index is 978. The molecule has 4 rings (SSSR count). The molecule has 0 unspecified atom stereocenters. The zero-order valence-corrected chi connectivity index (χ0v) is 16.7.